The van der Waals surface area contributed by atoms with Gasteiger partial charge in [-0.2, -0.15) is 0 Å². The second kappa shape index (κ2) is 59.8. The molecule has 0 aromatic rings. The van der Waals surface area contributed by atoms with Crippen LogP contribution in [0.4, 0.5) is 0 Å². The first-order valence-corrected chi connectivity index (χ1v) is 34.7. The van der Waals surface area contributed by atoms with E-state index in [0.717, 1.165) is 103 Å². The summed E-state index contributed by atoms with van der Waals surface area (Å²) < 4.78 is 30.3. The fraction of sp³-hybridized carbons (Fsp3) is 0.718. The van der Waals surface area contributed by atoms with Crippen molar-refractivity contribution in [2.75, 3.05) is 40.9 Å². The number of phosphoric acid groups is 1. The van der Waals surface area contributed by atoms with Crippen LogP contribution in [-0.2, 0) is 27.9 Å². The van der Waals surface area contributed by atoms with Crippen molar-refractivity contribution in [3.8, 4) is 0 Å². The summed E-state index contributed by atoms with van der Waals surface area (Å²) in [4.78, 5) is 40.1. The highest BCUT2D eigenvalue weighted by molar-refractivity contribution is 7.45. The maximum absolute atomic E-state index is 13.6. The van der Waals surface area contributed by atoms with Crippen molar-refractivity contribution < 1.29 is 37.3 Å². The van der Waals surface area contributed by atoms with Gasteiger partial charge in [0.1, 0.15) is 19.3 Å². The molecule has 0 aliphatic carbocycles. The first-order chi connectivity index (χ1) is 39.4. The Hall–Kier alpha value is -3.33. The zero-order valence-electron chi connectivity index (χ0n) is 53.2. The van der Waals surface area contributed by atoms with Crippen LogP contribution in [0.3, 0.4) is 0 Å². The van der Waals surface area contributed by atoms with Gasteiger partial charge in [-0.1, -0.05) is 259 Å². The van der Waals surface area contributed by atoms with Gasteiger partial charge in [-0.15, -0.1) is 0 Å². The van der Waals surface area contributed by atoms with Crippen molar-refractivity contribution in [3.63, 3.8) is 0 Å². The zero-order chi connectivity index (χ0) is 59.3. The normalized spacial score (nSPS) is 14.3. The quantitative estimate of drug-likeness (QED) is 0.0212. The lowest BCUT2D eigenvalue weighted by Crippen LogP contribution is -2.47. The minimum atomic E-state index is -4.72. The number of hydrogen-bond acceptors (Lipinski definition) is 7. The SMILES string of the molecule is CC/C=C\C/C=C\C/C=C\C/C=C\C/C=C\C/C=C\CCCCC(=O)OC(/C=C/CCCCCCCCCCC)C(COP(=O)([O-])OCC[N+](C)(C)C)NC(=O)CCCCCCCCCCCCCCC/C=C\C/C=C\CCCCC. The first-order valence-electron chi connectivity index (χ1n) is 33.2. The van der Waals surface area contributed by atoms with Crippen LogP contribution in [0.1, 0.15) is 278 Å². The van der Waals surface area contributed by atoms with E-state index in [9.17, 15) is 19.0 Å². The Morgan fingerprint density at radius 2 is 0.790 bits per heavy atom. The maximum atomic E-state index is 13.6. The predicted molar refractivity (Wildman–Crippen MR) is 348 cm³/mol. The van der Waals surface area contributed by atoms with Gasteiger partial charge < -0.3 is 28.5 Å². The third kappa shape index (κ3) is 61.1. The van der Waals surface area contributed by atoms with E-state index in [-0.39, 0.29) is 24.9 Å². The molecule has 0 bridgehead atoms. The molecule has 0 radical (unpaired) electrons. The number of phosphoric ester groups is 1. The molecular formula is C71H125N2O7P. The number of rotatable bonds is 59. The van der Waals surface area contributed by atoms with Crippen LogP contribution >= 0.6 is 7.82 Å². The van der Waals surface area contributed by atoms with Crippen molar-refractivity contribution in [1.29, 1.82) is 0 Å². The van der Waals surface area contributed by atoms with Crippen molar-refractivity contribution in [3.05, 3.63) is 109 Å². The standard InChI is InChI=1S/C71H125N2O7P/c1-7-10-13-16-19-22-25-27-29-31-33-35-36-38-39-41-43-45-48-51-54-57-60-63-70(74)72-68(67-79-81(76,77)78-66-65-73(4,5)6)69(62-59-56-53-50-47-24-21-18-15-12-9-3)80-71(75)64-61-58-55-52-49-46-44-42-40-37-34-32-30-28-26-23-20-17-14-11-8-2/h11,14,19-20,22-23,27-30,34,37,42,44,49,52,59,62,68-69H,7-10,12-13,15-18,21,24-26,31-33,35-36,38-41,43,45-48,50-51,53-58,60-61,63-67H2,1-6H3,(H-,72,74,76,77)/b14-11-,22-19-,23-20-,29-27-,30-28-,37-34-,44-42-,52-49-,62-59+. The summed E-state index contributed by atoms with van der Waals surface area (Å²) >= 11 is 0. The number of carbonyl (C=O) groups excluding carboxylic acids is 2. The second-order valence-corrected chi connectivity index (χ2v) is 24.6. The molecule has 9 nitrogen and oxygen atoms in total. The lowest BCUT2D eigenvalue weighted by atomic mass is 10.0. The third-order valence-electron chi connectivity index (χ3n) is 14.2. The lowest BCUT2D eigenvalue weighted by molar-refractivity contribution is -0.870. The van der Waals surface area contributed by atoms with Gasteiger partial charge >= 0.3 is 5.97 Å². The van der Waals surface area contributed by atoms with Gasteiger partial charge in [-0.25, -0.2) is 0 Å². The molecule has 0 spiro atoms. The van der Waals surface area contributed by atoms with Gasteiger partial charge in [0, 0.05) is 12.8 Å². The van der Waals surface area contributed by atoms with E-state index in [4.69, 9.17) is 13.8 Å². The van der Waals surface area contributed by atoms with Crippen LogP contribution in [-0.4, -0.2) is 69.4 Å². The number of unbranched alkanes of at least 4 members (excludes halogenated alkanes) is 27. The van der Waals surface area contributed by atoms with E-state index in [1.807, 2.05) is 33.3 Å². The predicted octanol–water partition coefficient (Wildman–Crippen LogP) is 20.3. The maximum Gasteiger partial charge on any atom is 0.306 e. The lowest BCUT2D eigenvalue weighted by Gasteiger charge is -2.30. The number of nitrogens with one attached hydrogen (secondary N) is 1. The van der Waals surface area contributed by atoms with Crippen LogP contribution in [0, 0.1) is 0 Å². The van der Waals surface area contributed by atoms with Crippen LogP contribution in [0.15, 0.2) is 109 Å². The van der Waals surface area contributed by atoms with Crippen LogP contribution in [0.2, 0.25) is 0 Å². The monoisotopic (exact) mass is 1150 g/mol. The fourth-order valence-electron chi connectivity index (χ4n) is 9.08. The molecule has 3 atom stereocenters. The number of esters is 1. The smallest absolute Gasteiger partial charge is 0.306 e. The molecule has 0 aliphatic heterocycles. The second-order valence-electron chi connectivity index (χ2n) is 23.2. The molecule has 466 valence electrons. The topological polar surface area (TPSA) is 114 Å². The van der Waals surface area contributed by atoms with Crippen molar-refractivity contribution >= 4 is 19.7 Å². The number of likely N-dealkylation sites (N-methyl/N-ethyl adjacent to an activating group) is 1. The van der Waals surface area contributed by atoms with E-state index >= 15 is 0 Å². The third-order valence-corrected chi connectivity index (χ3v) is 15.2. The highest BCUT2D eigenvalue weighted by Crippen LogP contribution is 2.38. The molecule has 0 fully saturated rings. The number of allylic oxidation sites excluding steroid dienone is 17. The Labute approximate surface area is 500 Å². The number of ether oxygens (including phenoxy) is 1. The Kier molecular flexibility index (Phi) is 57.4. The highest BCUT2D eigenvalue weighted by atomic mass is 31.2. The molecule has 0 saturated heterocycles. The number of hydrogen-bond donors (Lipinski definition) is 1. The molecule has 0 saturated carbocycles. The molecule has 0 heterocycles. The van der Waals surface area contributed by atoms with E-state index in [1.165, 1.54) is 135 Å². The van der Waals surface area contributed by atoms with Gasteiger partial charge in [0.15, 0.2) is 0 Å². The highest BCUT2D eigenvalue weighted by Gasteiger charge is 2.27. The molecule has 3 unspecified atom stereocenters. The van der Waals surface area contributed by atoms with Crippen molar-refractivity contribution in [1.82, 2.24) is 5.32 Å². The Morgan fingerprint density at radius 1 is 0.444 bits per heavy atom. The summed E-state index contributed by atoms with van der Waals surface area (Å²) in [5.74, 6) is -0.595. The number of carbonyl (C=O) groups is 2. The van der Waals surface area contributed by atoms with E-state index in [2.05, 4.69) is 123 Å². The van der Waals surface area contributed by atoms with Crippen LogP contribution in [0.5, 0.6) is 0 Å². The number of amides is 1. The largest absolute Gasteiger partial charge is 0.756 e. The molecule has 0 aromatic heterocycles. The fourth-order valence-corrected chi connectivity index (χ4v) is 9.81. The molecule has 1 N–H and O–H groups in total. The van der Waals surface area contributed by atoms with Gasteiger partial charge in [0.05, 0.1) is 33.8 Å². The number of quaternary nitrogens is 1. The van der Waals surface area contributed by atoms with Crippen LogP contribution < -0.4 is 10.2 Å². The zero-order valence-corrected chi connectivity index (χ0v) is 54.1. The summed E-state index contributed by atoms with van der Waals surface area (Å²) in [5.41, 5.74) is 0. The number of nitrogens with zero attached hydrogens (tertiary/aromatic N) is 1. The average Bonchev–Trinajstić information content (AvgIpc) is 3.43. The Bertz CT molecular complexity index is 1750. The molecule has 0 aliphatic rings. The Balaban J connectivity index is 5.19. The summed E-state index contributed by atoms with van der Waals surface area (Å²) in [6.45, 7) is 6.67. The molecule has 0 aromatic carbocycles. The van der Waals surface area contributed by atoms with Gasteiger partial charge in [0.2, 0.25) is 5.91 Å². The molecule has 10 heteroatoms. The first kappa shape index (κ1) is 77.7. The summed E-state index contributed by atoms with van der Waals surface area (Å²) in [6, 6.07) is -0.913. The molecule has 81 heavy (non-hydrogen) atoms. The van der Waals surface area contributed by atoms with Gasteiger partial charge in [-0.3, -0.25) is 14.2 Å². The summed E-state index contributed by atoms with van der Waals surface area (Å²) in [5, 5.41) is 3.02. The molecule has 1 amide bonds. The van der Waals surface area contributed by atoms with Crippen molar-refractivity contribution in [2.24, 2.45) is 0 Å². The van der Waals surface area contributed by atoms with Crippen LogP contribution in [0.25, 0.3) is 0 Å². The Morgan fingerprint density at radius 3 is 1.22 bits per heavy atom. The summed E-state index contributed by atoms with van der Waals surface area (Å²) in [6.07, 6.45) is 82.1. The van der Waals surface area contributed by atoms with Crippen molar-refractivity contribution in [2.45, 2.75) is 290 Å². The van der Waals surface area contributed by atoms with Gasteiger partial charge in [0.25, 0.3) is 7.82 Å². The van der Waals surface area contributed by atoms with E-state index in [0.29, 0.717) is 23.9 Å². The van der Waals surface area contributed by atoms with E-state index in [1.54, 1.807) is 0 Å². The molecular weight excluding hydrogens is 1020 g/mol. The van der Waals surface area contributed by atoms with Gasteiger partial charge in [-0.05, 0) is 115 Å². The average molecular weight is 1150 g/mol. The minimum Gasteiger partial charge on any atom is -0.756 e. The minimum absolute atomic E-state index is 0.0343. The molecule has 0 rings (SSSR count). The van der Waals surface area contributed by atoms with E-state index < -0.39 is 26.6 Å². The summed E-state index contributed by atoms with van der Waals surface area (Å²) in [7, 11) is 1.15.